The summed E-state index contributed by atoms with van der Waals surface area (Å²) in [6.45, 7) is 8.84. The lowest BCUT2D eigenvalue weighted by atomic mass is 9.92. The van der Waals surface area contributed by atoms with E-state index in [-0.39, 0.29) is 30.7 Å². The monoisotopic (exact) mass is 412 g/mol. The van der Waals surface area contributed by atoms with E-state index < -0.39 is 35.4 Å². The average molecular weight is 412 g/mol. The maximum Gasteiger partial charge on any atom is 0.243 e. The average Bonchev–Trinajstić information content (AvgIpc) is 3.39. The van der Waals surface area contributed by atoms with Gasteiger partial charge < -0.3 is 26.0 Å². The van der Waals surface area contributed by atoms with Crippen LogP contribution in [0.2, 0.25) is 0 Å². The number of nitrogens with one attached hydrogen (secondary N) is 4. The van der Waals surface area contributed by atoms with E-state index in [9.17, 15) is 24.0 Å². The summed E-state index contributed by atoms with van der Waals surface area (Å²) < 4.78 is 5.16. The first-order chi connectivity index (χ1) is 13.5. The number of ether oxygens (including phenoxy) is 1. The first kappa shape index (κ1) is 24.5. The van der Waals surface area contributed by atoms with Gasteiger partial charge in [0.15, 0.2) is 5.78 Å². The van der Waals surface area contributed by atoms with E-state index >= 15 is 0 Å². The van der Waals surface area contributed by atoms with E-state index in [1.54, 1.807) is 6.92 Å². The zero-order valence-electron chi connectivity index (χ0n) is 17.7. The predicted molar refractivity (Wildman–Crippen MR) is 105 cm³/mol. The molecule has 0 aromatic rings. The van der Waals surface area contributed by atoms with Gasteiger partial charge in [-0.2, -0.15) is 0 Å². The van der Waals surface area contributed by atoms with Crippen LogP contribution in [0.4, 0.5) is 0 Å². The summed E-state index contributed by atoms with van der Waals surface area (Å²) in [5.74, 6) is -1.75. The molecule has 0 saturated carbocycles. The summed E-state index contributed by atoms with van der Waals surface area (Å²) in [6.07, 6.45) is 0.754. The smallest absolute Gasteiger partial charge is 0.243 e. The lowest BCUT2D eigenvalue weighted by molar-refractivity contribution is -0.133. The molecule has 0 bridgehead atoms. The van der Waals surface area contributed by atoms with Gasteiger partial charge in [-0.05, 0) is 25.2 Å². The predicted octanol–water partition coefficient (Wildman–Crippen LogP) is -1.12. The molecule has 29 heavy (non-hydrogen) atoms. The minimum Gasteiger partial charge on any atom is -0.361 e. The highest BCUT2D eigenvalue weighted by molar-refractivity contribution is 5.97. The van der Waals surface area contributed by atoms with Crippen LogP contribution in [0, 0.1) is 11.8 Å². The van der Waals surface area contributed by atoms with Gasteiger partial charge in [0.2, 0.25) is 24.1 Å². The number of carbonyl (C=O) groups is 5. The Kier molecular flexibility index (Phi) is 9.22. The summed E-state index contributed by atoms with van der Waals surface area (Å²) in [7, 11) is 0. The normalized spacial score (nSPS) is 19.8. The van der Waals surface area contributed by atoms with Crippen LogP contribution in [0.15, 0.2) is 0 Å². The Morgan fingerprint density at radius 3 is 2.10 bits per heavy atom. The summed E-state index contributed by atoms with van der Waals surface area (Å²) >= 11 is 0. The molecular formula is C19H32N4O6. The zero-order chi connectivity index (χ0) is 22.2. The SMILES string of the molecule is CC(C)CC(NC(=O)CNC=O)C(=O)NCC(=O)NC(C(=O)[C@@]1(C)CO1)C(C)C. The standard InChI is InChI=1S/C19H32N4O6/c1-11(2)6-13(22-14(25)7-20-10-24)18(28)21-8-15(26)23-16(12(3)4)17(27)19(5)9-29-19/h10-13,16H,6-9H2,1-5H3,(H,20,24)(H,21,28)(H,22,25)(H,23,26)/t13?,16?,19-/m1/s1. The van der Waals surface area contributed by atoms with Gasteiger partial charge in [-0.25, -0.2) is 0 Å². The molecule has 1 fully saturated rings. The fraction of sp³-hybridized carbons (Fsp3) is 0.737. The minimum absolute atomic E-state index is 0.112. The molecular weight excluding hydrogens is 380 g/mol. The molecule has 164 valence electrons. The summed E-state index contributed by atoms with van der Waals surface area (Å²) in [5, 5.41) is 9.90. The number of ketones is 1. The van der Waals surface area contributed by atoms with Crippen LogP contribution in [-0.4, -0.2) is 67.3 Å². The first-order valence-corrected chi connectivity index (χ1v) is 9.72. The fourth-order valence-electron chi connectivity index (χ4n) is 2.71. The molecule has 1 aliphatic rings. The van der Waals surface area contributed by atoms with Crippen molar-refractivity contribution in [3.05, 3.63) is 0 Å². The number of amides is 4. The Hall–Kier alpha value is -2.49. The molecule has 0 spiro atoms. The van der Waals surface area contributed by atoms with Gasteiger partial charge in [0.25, 0.3) is 0 Å². The summed E-state index contributed by atoms with van der Waals surface area (Å²) in [6, 6.07) is -1.56. The van der Waals surface area contributed by atoms with Crippen molar-refractivity contribution in [2.75, 3.05) is 19.7 Å². The van der Waals surface area contributed by atoms with E-state index in [0.717, 1.165) is 0 Å². The Bertz CT molecular complexity index is 630. The molecule has 0 radical (unpaired) electrons. The van der Waals surface area contributed by atoms with Gasteiger partial charge in [0.05, 0.1) is 25.7 Å². The first-order valence-electron chi connectivity index (χ1n) is 9.72. The van der Waals surface area contributed by atoms with E-state index in [1.807, 2.05) is 27.7 Å². The number of hydrogen-bond acceptors (Lipinski definition) is 6. The highest BCUT2D eigenvalue weighted by Crippen LogP contribution is 2.29. The van der Waals surface area contributed by atoms with Crippen molar-refractivity contribution in [1.29, 1.82) is 0 Å². The van der Waals surface area contributed by atoms with Crippen molar-refractivity contribution in [3.63, 3.8) is 0 Å². The van der Waals surface area contributed by atoms with Gasteiger partial charge in [-0.1, -0.05) is 27.7 Å². The summed E-state index contributed by atoms with van der Waals surface area (Å²) in [4.78, 5) is 59.3. The maximum atomic E-state index is 12.5. The van der Waals surface area contributed by atoms with Gasteiger partial charge in [0, 0.05) is 0 Å². The molecule has 10 heteroatoms. The molecule has 1 rings (SSSR count). The molecule has 1 heterocycles. The van der Waals surface area contributed by atoms with Crippen molar-refractivity contribution >= 4 is 29.9 Å². The lowest BCUT2D eigenvalue weighted by Crippen LogP contribution is -2.54. The van der Waals surface area contributed by atoms with Crippen LogP contribution >= 0.6 is 0 Å². The lowest BCUT2D eigenvalue weighted by Gasteiger charge is -2.23. The molecule has 0 aromatic heterocycles. The van der Waals surface area contributed by atoms with E-state index in [4.69, 9.17) is 4.74 Å². The molecule has 0 aromatic carbocycles. The largest absolute Gasteiger partial charge is 0.361 e. The second-order valence-corrected chi connectivity index (χ2v) is 8.14. The molecule has 4 amide bonds. The Morgan fingerprint density at radius 1 is 1.03 bits per heavy atom. The fourth-order valence-corrected chi connectivity index (χ4v) is 2.71. The van der Waals surface area contributed by atoms with Crippen molar-refractivity contribution in [3.8, 4) is 0 Å². The number of hydrogen-bond donors (Lipinski definition) is 4. The number of epoxide rings is 1. The van der Waals surface area contributed by atoms with Gasteiger partial charge in [-0.3, -0.25) is 24.0 Å². The molecule has 10 nitrogen and oxygen atoms in total. The van der Waals surface area contributed by atoms with E-state index in [0.29, 0.717) is 19.4 Å². The zero-order valence-corrected chi connectivity index (χ0v) is 17.7. The molecule has 4 N–H and O–H groups in total. The summed E-state index contributed by atoms with van der Waals surface area (Å²) in [5.41, 5.74) is -0.854. The molecule has 3 atom stereocenters. The van der Waals surface area contributed by atoms with Crippen molar-refractivity contribution in [1.82, 2.24) is 21.3 Å². The van der Waals surface area contributed by atoms with Crippen LogP contribution in [0.3, 0.4) is 0 Å². The Morgan fingerprint density at radius 2 is 1.62 bits per heavy atom. The molecule has 2 unspecified atom stereocenters. The third kappa shape index (κ3) is 8.18. The Labute approximate surface area is 170 Å². The Balaban J connectivity index is 2.60. The molecule has 1 saturated heterocycles. The number of carbonyl (C=O) groups excluding carboxylic acids is 5. The number of rotatable bonds is 13. The van der Waals surface area contributed by atoms with Crippen LogP contribution in [0.1, 0.15) is 41.0 Å². The van der Waals surface area contributed by atoms with Crippen LogP contribution in [0.5, 0.6) is 0 Å². The van der Waals surface area contributed by atoms with E-state index in [2.05, 4.69) is 21.3 Å². The van der Waals surface area contributed by atoms with Crippen molar-refractivity contribution in [2.24, 2.45) is 11.8 Å². The highest BCUT2D eigenvalue weighted by Gasteiger charge is 2.50. The van der Waals surface area contributed by atoms with Crippen molar-refractivity contribution < 1.29 is 28.7 Å². The van der Waals surface area contributed by atoms with Gasteiger partial charge >= 0.3 is 0 Å². The van der Waals surface area contributed by atoms with Gasteiger partial charge in [0.1, 0.15) is 11.6 Å². The van der Waals surface area contributed by atoms with Crippen LogP contribution in [-0.2, 0) is 28.7 Å². The van der Waals surface area contributed by atoms with Crippen LogP contribution < -0.4 is 21.3 Å². The minimum atomic E-state index is -0.854. The molecule has 0 aliphatic carbocycles. The second kappa shape index (κ2) is 10.9. The highest BCUT2D eigenvalue weighted by atomic mass is 16.6. The quantitative estimate of drug-likeness (QED) is 0.223. The van der Waals surface area contributed by atoms with Gasteiger partial charge in [-0.15, -0.1) is 0 Å². The van der Waals surface area contributed by atoms with Crippen LogP contribution in [0.25, 0.3) is 0 Å². The number of Topliss-reactive ketones (excluding diaryl/α,β-unsaturated/α-hetero) is 1. The van der Waals surface area contributed by atoms with E-state index in [1.165, 1.54) is 0 Å². The third-order valence-electron chi connectivity index (χ3n) is 4.49. The maximum absolute atomic E-state index is 12.5. The second-order valence-electron chi connectivity index (χ2n) is 8.14. The topological polar surface area (TPSA) is 146 Å². The van der Waals surface area contributed by atoms with Crippen molar-refractivity contribution in [2.45, 2.75) is 58.7 Å². The molecule has 1 aliphatic heterocycles. The third-order valence-corrected chi connectivity index (χ3v) is 4.49.